The number of benzene rings is 1. The van der Waals surface area contributed by atoms with E-state index in [4.69, 9.17) is 20.3 Å². The Kier molecular flexibility index (Phi) is 3.71. The second-order valence-electron chi connectivity index (χ2n) is 4.05. The average Bonchev–Trinajstić information content (AvgIpc) is 2.38. The molecule has 0 saturated carbocycles. The molecule has 1 aromatic carbocycles. The van der Waals surface area contributed by atoms with Crippen molar-refractivity contribution in [3.63, 3.8) is 0 Å². The van der Waals surface area contributed by atoms with Crippen molar-refractivity contribution in [1.82, 2.24) is 0 Å². The van der Waals surface area contributed by atoms with Gasteiger partial charge in [0.05, 0.1) is 32.1 Å². The summed E-state index contributed by atoms with van der Waals surface area (Å²) in [5.74, 6) is 0.753. The maximum absolute atomic E-state index is 9.12. The first-order valence-electron chi connectivity index (χ1n) is 5.65. The highest BCUT2D eigenvalue weighted by atomic mass is 16.5. The first-order chi connectivity index (χ1) is 8.24. The molecule has 0 radical (unpaired) electrons. The van der Waals surface area contributed by atoms with Gasteiger partial charge in [-0.2, -0.15) is 0 Å². The molecule has 1 atom stereocenters. The summed E-state index contributed by atoms with van der Waals surface area (Å²) in [6.07, 6.45) is -0.133. The van der Waals surface area contributed by atoms with Gasteiger partial charge in [-0.15, -0.1) is 0 Å². The Morgan fingerprint density at radius 1 is 1.59 bits per heavy atom. The van der Waals surface area contributed by atoms with Crippen molar-refractivity contribution in [2.24, 2.45) is 0 Å². The monoisotopic (exact) mass is 238 g/mol. The Balaban J connectivity index is 2.20. The summed E-state index contributed by atoms with van der Waals surface area (Å²) in [6.45, 7) is 2.10. The number of nitrogens with zero attached hydrogens (tertiary/aromatic N) is 1. The molecular weight excluding hydrogens is 220 g/mol. The maximum Gasteiger partial charge on any atom is 0.144 e. The molecule has 1 aliphatic heterocycles. The van der Waals surface area contributed by atoms with Crippen molar-refractivity contribution < 1.29 is 14.6 Å². The Labute approximate surface area is 101 Å². The number of nitrogen functional groups attached to an aromatic ring is 1. The van der Waals surface area contributed by atoms with Gasteiger partial charge in [-0.05, 0) is 12.1 Å². The van der Waals surface area contributed by atoms with Gasteiger partial charge >= 0.3 is 0 Å². The predicted molar refractivity (Wildman–Crippen MR) is 66.4 cm³/mol. The third-order valence-corrected chi connectivity index (χ3v) is 2.89. The minimum absolute atomic E-state index is 0.0355. The standard InChI is InChI=1S/C12H18N2O3/c1-16-12-6-9(13)2-3-11(12)14-4-5-17-10(7-14)8-15/h2-3,6,10,15H,4-5,7-8,13H2,1H3. The van der Waals surface area contributed by atoms with Crippen molar-refractivity contribution in [2.45, 2.75) is 6.10 Å². The highest BCUT2D eigenvalue weighted by Crippen LogP contribution is 2.31. The molecule has 2 rings (SSSR count). The molecule has 1 unspecified atom stereocenters. The van der Waals surface area contributed by atoms with Crippen molar-refractivity contribution in [3.05, 3.63) is 18.2 Å². The molecule has 1 heterocycles. The van der Waals surface area contributed by atoms with Crippen LogP contribution >= 0.6 is 0 Å². The Morgan fingerprint density at radius 3 is 3.12 bits per heavy atom. The molecule has 0 bridgehead atoms. The van der Waals surface area contributed by atoms with Crippen molar-refractivity contribution in [1.29, 1.82) is 0 Å². The van der Waals surface area contributed by atoms with Gasteiger partial charge in [0.15, 0.2) is 0 Å². The van der Waals surface area contributed by atoms with E-state index in [0.717, 1.165) is 18.0 Å². The molecule has 1 fully saturated rings. The van der Waals surface area contributed by atoms with Crippen LogP contribution in [-0.4, -0.2) is 44.6 Å². The predicted octanol–water partition coefficient (Wildman–Crippen LogP) is 0.475. The molecule has 1 aromatic rings. The molecule has 5 nitrogen and oxygen atoms in total. The summed E-state index contributed by atoms with van der Waals surface area (Å²) >= 11 is 0. The van der Waals surface area contributed by atoms with Crippen molar-refractivity contribution >= 4 is 11.4 Å². The Bertz CT molecular complexity index is 384. The highest BCUT2D eigenvalue weighted by molar-refractivity contribution is 5.64. The number of aliphatic hydroxyl groups excluding tert-OH is 1. The molecule has 1 aliphatic rings. The number of rotatable bonds is 3. The smallest absolute Gasteiger partial charge is 0.144 e. The molecular formula is C12H18N2O3. The lowest BCUT2D eigenvalue weighted by Gasteiger charge is -2.34. The van der Waals surface area contributed by atoms with Gasteiger partial charge in [-0.25, -0.2) is 0 Å². The zero-order valence-corrected chi connectivity index (χ0v) is 9.93. The van der Waals surface area contributed by atoms with Crippen LogP contribution in [0.2, 0.25) is 0 Å². The molecule has 0 spiro atoms. The van der Waals surface area contributed by atoms with Crippen LogP contribution in [0.3, 0.4) is 0 Å². The zero-order valence-electron chi connectivity index (χ0n) is 9.93. The third kappa shape index (κ3) is 2.62. The van der Waals surface area contributed by atoms with E-state index in [1.807, 2.05) is 12.1 Å². The average molecular weight is 238 g/mol. The lowest BCUT2D eigenvalue weighted by molar-refractivity contribution is 0.00347. The van der Waals surface area contributed by atoms with Gasteiger partial charge in [-0.3, -0.25) is 0 Å². The van der Waals surface area contributed by atoms with Crippen LogP contribution < -0.4 is 15.4 Å². The van der Waals surface area contributed by atoms with Crippen LogP contribution in [-0.2, 0) is 4.74 Å². The van der Waals surface area contributed by atoms with E-state index in [1.165, 1.54) is 0 Å². The normalized spacial score (nSPS) is 20.4. The number of aliphatic hydroxyl groups is 1. The molecule has 3 N–H and O–H groups in total. The van der Waals surface area contributed by atoms with Gasteiger partial charge in [0.25, 0.3) is 0 Å². The highest BCUT2D eigenvalue weighted by Gasteiger charge is 2.22. The SMILES string of the molecule is COc1cc(N)ccc1N1CCOC(CO)C1. The second kappa shape index (κ2) is 5.25. The number of ether oxygens (including phenoxy) is 2. The summed E-state index contributed by atoms with van der Waals surface area (Å²) in [6, 6.07) is 5.59. The molecule has 94 valence electrons. The first-order valence-corrected chi connectivity index (χ1v) is 5.65. The number of hydrogen-bond acceptors (Lipinski definition) is 5. The second-order valence-corrected chi connectivity index (χ2v) is 4.05. The lowest BCUT2D eigenvalue weighted by atomic mass is 10.2. The number of methoxy groups -OCH3 is 1. The van der Waals surface area contributed by atoms with Crippen LogP contribution in [0.4, 0.5) is 11.4 Å². The number of nitrogens with two attached hydrogens (primary N) is 1. The first kappa shape index (κ1) is 12.0. The summed E-state index contributed by atoms with van der Waals surface area (Å²) in [5.41, 5.74) is 7.39. The Morgan fingerprint density at radius 2 is 2.41 bits per heavy atom. The molecule has 0 amide bonds. The molecule has 0 aromatic heterocycles. The van der Waals surface area contributed by atoms with E-state index < -0.39 is 0 Å². The summed E-state index contributed by atoms with van der Waals surface area (Å²) in [5, 5.41) is 9.12. The molecule has 5 heteroatoms. The van der Waals surface area contributed by atoms with E-state index in [-0.39, 0.29) is 12.7 Å². The fourth-order valence-electron chi connectivity index (χ4n) is 2.00. The summed E-state index contributed by atoms with van der Waals surface area (Å²) in [4.78, 5) is 2.14. The largest absolute Gasteiger partial charge is 0.495 e. The molecule has 1 saturated heterocycles. The summed E-state index contributed by atoms with van der Waals surface area (Å²) < 4.78 is 10.7. The van der Waals surface area contributed by atoms with Crippen molar-refractivity contribution in [2.75, 3.05) is 44.0 Å². The maximum atomic E-state index is 9.12. The van der Waals surface area contributed by atoms with Crippen LogP contribution in [0.25, 0.3) is 0 Å². The minimum Gasteiger partial charge on any atom is -0.495 e. The van der Waals surface area contributed by atoms with E-state index in [1.54, 1.807) is 13.2 Å². The molecule has 17 heavy (non-hydrogen) atoms. The van der Waals surface area contributed by atoms with Gasteiger partial charge in [0, 0.05) is 24.8 Å². The van der Waals surface area contributed by atoms with Crippen LogP contribution in [0.5, 0.6) is 5.75 Å². The van der Waals surface area contributed by atoms with Gasteiger partial charge < -0.3 is 25.2 Å². The third-order valence-electron chi connectivity index (χ3n) is 2.89. The van der Waals surface area contributed by atoms with E-state index in [0.29, 0.717) is 18.8 Å². The van der Waals surface area contributed by atoms with E-state index in [2.05, 4.69) is 4.90 Å². The zero-order chi connectivity index (χ0) is 12.3. The Hall–Kier alpha value is -1.46. The topological polar surface area (TPSA) is 68.0 Å². The number of hydrogen-bond donors (Lipinski definition) is 2. The quantitative estimate of drug-likeness (QED) is 0.749. The molecule has 0 aliphatic carbocycles. The summed E-state index contributed by atoms with van der Waals surface area (Å²) in [7, 11) is 1.63. The van der Waals surface area contributed by atoms with Gasteiger partial charge in [0.2, 0.25) is 0 Å². The van der Waals surface area contributed by atoms with Gasteiger partial charge in [-0.1, -0.05) is 0 Å². The fraction of sp³-hybridized carbons (Fsp3) is 0.500. The fourth-order valence-corrected chi connectivity index (χ4v) is 2.00. The van der Waals surface area contributed by atoms with Gasteiger partial charge in [0.1, 0.15) is 5.75 Å². The van der Waals surface area contributed by atoms with Crippen LogP contribution in [0, 0.1) is 0 Å². The van der Waals surface area contributed by atoms with Crippen LogP contribution in [0.1, 0.15) is 0 Å². The van der Waals surface area contributed by atoms with E-state index in [9.17, 15) is 0 Å². The lowest BCUT2D eigenvalue weighted by Crippen LogP contribution is -2.44. The number of morpholine rings is 1. The minimum atomic E-state index is -0.133. The number of anilines is 2. The van der Waals surface area contributed by atoms with E-state index >= 15 is 0 Å². The van der Waals surface area contributed by atoms with Crippen molar-refractivity contribution in [3.8, 4) is 5.75 Å². The van der Waals surface area contributed by atoms with Crippen LogP contribution in [0.15, 0.2) is 18.2 Å².